The van der Waals surface area contributed by atoms with Gasteiger partial charge >= 0.3 is 0 Å². The highest BCUT2D eigenvalue weighted by Crippen LogP contribution is 2.30. The monoisotopic (exact) mass is 378 g/mol. The average molecular weight is 378 g/mol. The first-order valence-electron chi connectivity index (χ1n) is 8.56. The first-order chi connectivity index (χ1) is 12.5. The van der Waals surface area contributed by atoms with Gasteiger partial charge in [0.1, 0.15) is 5.92 Å². The zero-order valence-corrected chi connectivity index (χ0v) is 15.2. The van der Waals surface area contributed by atoms with Crippen LogP contribution in [0.2, 0.25) is 0 Å². The van der Waals surface area contributed by atoms with Crippen LogP contribution in [0.5, 0.6) is 0 Å². The van der Waals surface area contributed by atoms with Crippen molar-refractivity contribution in [2.45, 2.75) is 32.4 Å². The number of nitrogens with one attached hydrogen (secondary N) is 1. The Morgan fingerprint density at radius 1 is 1.27 bits per heavy atom. The van der Waals surface area contributed by atoms with E-state index in [2.05, 4.69) is 5.32 Å². The molecule has 7 heteroatoms. The number of carbonyl (C=O) groups is 2. The van der Waals surface area contributed by atoms with Gasteiger partial charge in [-0.1, -0.05) is 12.1 Å². The number of amides is 2. The molecule has 0 bridgehead atoms. The molecule has 1 saturated heterocycles. The first kappa shape index (κ1) is 18.5. The predicted molar refractivity (Wildman–Crippen MR) is 95.4 cm³/mol. The molecule has 2 amide bonds. The average Bonchev–Trinajstić information content (AvgIpc) is 3.16. The van der Waals surface area contributed by atoms with E-state index in [1.807, 2.05) is 17.5 Å². The van der Waals surface area contributed by atoms with Crippen LogP contribution in [-0.2, 0) is 16.1 Å². The van der Waals surface area contributed by atoms with E-state index >= 15 is 0 Å². The molecule has 1 aromatic heterocycles. The van der Waals surface area contributed by atoms with Crippen molar-refractivity contribution in [3.05, 3.63) is 57.8 Å². The predicted octanol–water partition coefficient (Wildman–Crippen LogP) is 3.64. The lowest BCUT2D eigenvalue weighted by atomic mass is 9.92. The highest BCUT2D eigenvalue weighted by atomic mass is 32.1. The van der Waals surface area contributed by atoms with Crippen LogP contribution in [-0.4, -0.2) is 23.3 Å². The van der Waals surface area contributed by atoms with E-state index in [-0.39, 0.29) is 24.4 Å². The van der Waals surface area contributed by atoms with E-state index < -0.39 is 17.6 Å². The molecule has 0 aliphatic carbocycles. The quantitative estimate of drug-likeness (QED) is 0.808. The van der Waals surface area contributed by atoms with Crippen molar-refractivity contribution in [2.24, 2.45) is 5.92 Å². The van der Waals surface area contributed by atoms with E-state index in [9.17, 15) is 18.4 Å². The van der Waals surface area contributed by atoms with Crippen molar-refractivity contribution in [3.63, 3.8) is 0 Å². The van der Waals surface area contributed by atoms with Crippen LogP contribution in [0.15, 0.2) is 35.7 Å². The number of halogens is 2. The normalized spacial score (nSPS) is 19.9. The Hall–Kier alpha value is -2.28. The molecule has 1 aromatic carbocycles. The Morgan fingerprint density at radius 2 is 2.08 bits per heavy atom. The molecule has 4 nitrogen and oxygen atoms in total. The summed E-state index contributed by atoms with van der Waals surface area (Å²) in [5.74, 6) is -3.16. The molecule has 0 spiro atoms. The van der Waals surface area contributed by atoms with Gasteiger partial charge in [0, 0.05) is 18.0 Å². The van der Waals surface area contributed by atoms with Crippen LogP contribution in [0.4, 0.5) is 8.78 Å². The molecule has 2 aromatic rings. The van der Waals surface area contributed by atoms with Gasteiger partial charge < -0.3 is 10.2 Å². The third-order valence-electron chi connectivity index (χ3n) is 4.61. The van der Waals surface area contributed by atoms with Gasteiger partial charge in [0.05, 0.1) is 6.04 Å². The number of thiophene rings is 1. The molecular formula is C19H20F2N2O2S. The lowest BCUT2D eigenvalue weighted by Crippen LogP contribution is -2.47. The molecular weight excluding hydrogens is 358 g/mol. The van der Waals surface area contributed by atoms with Crippen molar-refractivity contribution in [1.82, 2.24) is 10.2 Å². The minimum Gasteiger partial charge on any atom is -0.348 e. The summed E-state index contributed by atoms with van der Waals surface area (Å²) in [7, 11) is 0. The van der Waals surface area contributed by atoms with E-state index in [0.717, 1.165) is 17.0 Å². The molecule has 0 saturated carbocycles. The van der Waals surface area contributed by atoms with E-state index in [0.29, 0.717) is 24.9 Å². The summed E-state index contributed by atoms with van der Waals surface area (Å²) in [6.45, 7) is 2.33. The Kier molecular flexibility index (Phi) is 5.66. The van der Waals surface area contributed by atoms with Crippen molar-refractivity contribution in [1.29, 1.82) is 0 Å². The fourth-order valence-electron chi connectivity index (χ4n) is 3.17. The number of piperidine rings is 1. The number of carbonyl (C=O) groups excluding carboxylic acids is 2. The van der Waals surface area contributed by atoms with Crippen molar-refractivity contribution in [3.8, 4) is 0 Å². The molecule has 0 radical (unpaired) electrons. The smallest absolute Gasteiger partial charge is 0.235 e. The highest BCUT2D eigenvalue weighted by Gasteiger charge is 2.36. The van der Waals surface area contributed by atoms with Gasteiger partial charge in [-0.05, 0) is 48.9 Å². The Labute approximate surface area is 154 Å². The SMILES string of the molecule is CCN(Cc1ccc(F)c(F)c1)C(=O)C1CCC(c2cccs2)NC1=O. The number of rotatable bonds is 5. The van der Waals surface area contributed by atoms with E-state index in [4.69, 9.17) is 0 Å². The van der Waals surface area contributed by atoms with Crippen LogP contribution in [0.3, 0.4) is 0 Å². The lowest BCUT2D eigenvalue weighted by Gasteiger charge is -2.31. The maximum Gasteiger partial charge on any atom is 0.235 e. The summed E-state index contributed by atoms with van der Waals surface area (Å²) in [5.41, 5.74) is 0.492. The summed E-state index contributed by atoms with van der Waals surface area (Å²) >= 11 is 1.58. The van der Waals surface area contributed by atoms with Crippen LogP contribution in [0.25, 0.3) is 0 Å². The third kappa shape index (κ3) is 3.93. The maximum atomic E-state index is 13.4. The second-order valence-corrected chi connectivity index (χ2v) is 7.29. The van der Waals surface area contributed by atoms with Gasteiger partial charge in [-0.2, -0.15) is 0 Å². The molecule has 1 N–H and O–H groups in total. The second kappa shape index (κ2) is 7.95. The summed E-state index contributed by atoms with van der Waals surface area (Å²) in [6, 6.07) is 7.43. The van der Waals surface area contributed by atoms with Gasteiger partial charge in [-0.15, -0.1) is 11.3 Å². The zero-order chi connectivity index (χ0) is 18.7. The molecule has 26 heavy (non-hydrogen) atoms. The zero-order valence-electron chi connectivity index (χ0n) is 14.4. The van der Waals surface area contributed by atoms with Gasteiger partial charge in [-0.25, -0.2) is 8.78 Å². The van der Waals surface area contributed by atoms with Crippen molar-refractivity contribution in [2.75, 3.05) is 6.54 Å². The van der Waals surface area contributed by atoms with Gasteiger partial charge in [0.2, 0.25) is 11.8 Å². The van der Waals surface area contributed by atoms with Crippen molar-refractivity contribution < 1.29 is 18.4 Å². The first-order valence-corrected chi connectivity index (χ1v) is 9.44. The van der Waals surface area contributed by atoms with E-state index in [1.54, 1.807) is 18.3 Å². The second-order valence-electron chi connectivity index (χ2n) is 6.31. The van der Waals surface area contributed by atoms with Crippen LogP contribution in [0.1, 0.15) is 36.2 Å². The fraction of sp³-hybridized carbons (Fsp3) is 0.368. The molecule has 1 aliphatic rings. The van der Waals surface area contributed by atoms with E-state index in [1.165, 1.54) is 11.0 Å². The fourth-order valence-corrected chi connectivity index (χ4v) is 3.98. The maximum absolute atomic E-state index is 13.4. The standard InChI is InChI=1S/C19H20F2N2O2S/c1-2-23(11-12-5-7-14(20)15(21)10-12)19(25)13-6-8-16(22-18(13)24)17-4-3-9-26-17/h3-5,7,9-10,13,16H,2,6,8,11H2,1H3,(H,22,24). The van der Waals surface area contributed by atoms with Crippen LogP contribution < -0.4 is 5.32 Å². The number of hydrogen-bond donors (Lipinski definition) is 1. The summed E-state index contributed by atoms with van der Waals surface area (Å²) < 4.78 is 26.5. The number of benzene rings is 1. The molecule has 138 valence electrons. The largest absolute Gasteiger partial charge is 0.348 e. The topological polar surface area (TPSA) is 49.4 Å². The Balaban J connectivity index is 1.66. The molecule has 3 rings (SSSR count). The van der Waals surface area contributed by atoms with Gasteiger partial charge in [0.15, 0.2) is 11.6 Å². The van der Waals surface area contributed by atoms with Gasteiger partial charge in [-0.3, -0.25) is 9.59 Å². The van der Waals surface area contributed by atoms with Crippen LogP contribution in [0, 0.1) is 17.6 Å². The summed E-state index contributed by atoms with van der Waals surface area (Å²) in [6.07, 6.45) is 1.17. The summed E-state index contributed by atoms with van der Waals surface area (Å²) in [4.78, 5) is 27.8. The molecule has 1 aliphatic heterocycles. The summed E-state index contributed by atoms with van der Waals surface area (Å²) in [5, 5.41) is 4.88. The van der Waals surface area contributed by atoms with Crippen molar-refractivity contribution >= 4 is 23.2 Å². The van der Waals surface area contributed by atoms with Gasteiger partial charge in [0.25, 0.3) is 0 Å². The lowest BCUT2D eigenvalue weighted by molar-refractivity contribution is -0.144. The number of hydrogen-bond acceptors (Lipinski definition) is 3. The Bertz CT molecular complexity index is 795. The third-order valence-corrected chi connectivity index (χ3v) is 5.60. The molecule has 2 atom stereocenters. The molecule has 2 unspecified atom stereocenters. The van der Waals surface area contributed by atoms with Crippen LogP contribution >= 0.6 is 11.3 Å². The Morgan fingerprint density at radius 3 is 2.69 bits per heavy atom. The molecule has 2 heterocycles. The molecule has 1 fully saturated rings. The minimum atomic E-state index is -0.944. The highest BCUT2D eigenvalue weighted by molar-refractivity contribution is 7.10. The number of nitrogens with zero attached hydrogens (tertiary/aromatic N) is 1. The minimum absolute atomic E-state index is 0.0483.